The number of hydrogen-bond acceptors (Lipinski definition) is 6. The molecule has 0 amide bonds. The molecule has 1 heterocycles. The number of carboxylic acids is 1. The highest BCUT2D eigenvalue weighted by Gasteiger charge is 2.27. The predicted octanol–water partition coefficient (Wildman–Crippen LogP) is 3.74. The summed E-state index contributed by atoms with van der Waals surface area (Å²) >= 11 is 0. The molecule has 0 bridgehead atoms. The lowest BCUT2D eigenvalue weighted by Crippen LogP contribution is -2.42. The van der Waals surface area contributed by atoms with Crippen molar-refractivity contribution in [1.29, 1.82) is 0 Å². The normalized spacial score (nSPS) is 12.0. The number of benzene rings is 2. The number of rotatable bonds is 11. The van der Waals surface area contributed by atoms with E-state index in [1.54, 1.807) is 24.3 Å². The van der Waals surface area contributed by atoms with E-state index in [1.807, 2.05) is 44.2 Å². The Kier molecular flexibility index (Phi) is 8.08. The van der Waals surface area contributed by atoms with Gasteiger partial charge < -0.3 is 14.3 Å². The molecule has 0 radical (unpaired) electrons. The zero-order chi connectivity index (χ0) is 24.9. The monoisotopic (exact) mass is 487 g/mol. The molecule has 0 aliphatic heterocycles. The summed E-state index contributed by atoms with van der Waals surface area (Å²) in [5.41, 5.74) is 2.23. The second-order valence-corrected chi connectivity index (χ2v) is 10.4. The van der Waals surface area contributed by atoms with Crippen LogP contribution in [0.4, 0.5) is 0 Å². The van der Waals surface area contributed by atoms with E-state index in [1.165, 1.54) is 14.1 Å². The van der Waals surface area contributed by atoms with Crippen LogP contribution in [0.3, 0.4) is 0 Å². The first-order chi connectivity index (χ1) is 16.1. The maximum Gasteiger partial charge on any atom is 0.318 e. The number of hydrogen-bond donors (Lipinski definition) is 1. The maximum atomic E-state index is 12.4. The molecule has 0 saturated heterocycles. The topological polar surface area (TPSA) is 113 Å². The highest BCUT2D eigenvalue weighted by atomic mass is 32.2. The molecule has 0 spiro atoms. The lowest BCUT2D eigenvalue weighted by molar-refractivity contribution is -0.137. The number of ether oxygens (including phenoxy) is 1. The molecule has 0 fully saturated rings. The van der Waals surface area contributed by atoms with Gasteiger partial charge in [-0.25, -0.2) is 4.98 Å². The molecule has 10 heteroatoms. The fourth-order valence-electron chi connectivity index (χ4n) is 3.27. The molecular weight excluding hydrogens is 458 g/mol. The van der Waals surface area contributed by atoms with Gasteiger partial charge in [0.05, 0.1) is 0 Å². The van der Waals surface area contributed by atoms with E-state index in [-0.39, 0.29) is 19.1 Å². The Morgan fingerprint density at radius 3 is 2.29 bits per heavy atom. The summed E-state index contributed by atoms with van der Waals surface area (Å²) in [6.07, 6.45) is 0. The summed E-state index contributed by atoms with van der Waals surface area (Å²) in [6.45, 7) is 3.56. The van der Waals surface area contributed by atoms with E-state index in [4.69, 9.17) is 14.3 Å². The predicted molar refractivity (Wildman–Crippen MR) is 127 cm³/mol. The van der Waals surface area contributed by atoms with Gasteiger partial charge in [-0.15, -0.1) is 0 Å². The van der Waals surface area contributed by atoms with Gasteiger partial charge in [-0.2, -0.15) is 17.0 Å². The van der Waals surface area contributed by atoms with Gasteiger partial charge in [-0.05, 0) is 29.8 Å². The standard InChI is InChI=1S/C24H29N3O6S/c1-17(2)23-21(25-24(33-23)19-8-6-5-7-9-19)16-32-20-12-10-18(11-13-20)14-27(15-22(28)29)34(30,31)26(3)4/h5-13,17H,14-16H2,1-4H3,(H,28,29). The molecule has 1 aromatic heterocycles. The molecule has 0 atom stereocenters. The first-order valence-corrected chi connectivity index (χ1v) is 12.1. The van der Waals surface area contributed by atoms with Crippen molar-refractivity contribution in [3.63, 3.8) is 0 Å². The van der Waals surface area contributed by atoms with Crippen LogP contribution in [-0.4, -0.2) is 53.7 Å². The second kappa shape index (κ2) is 10.8. The van der Waals surface area contributed by atoms with E-state index in [2.05, 4.69) is 4.98 Å². The molecular formula is C24H29N3O6S. The zero-order valence-electron chi connectivity index (χ0n) is 19.6. The van der Waals surface area contributed by atoms with Gasteiger partial charge in [0.2, 0.25) is 5.89 Å². The van der Waals surface area contributed by atoms with Crippen LogP contribution in [0.2, 0.25) is 0 Å². The van der Waals surface area contributed by atoms with Gasteiger partial charge in [-0.3, -0.25) is 4.79 Å². The summed E-state index contributed by atoms with van der Waals surface area (Å²) in [7, 11) is -1.16. The summed E-state index contributed by atoms with van der Waals surface area (Å²) in [4.78, 5) is 15.8. The van der Waals surface area contributed by atoms with Crippen molar-refractivity contribution in [2.24, 2.45) is 0 Å². The Morgan fingerprint density at radius 1 is 1.09 bits per heavy atom. The second-order valence-electron chi connectivity index (χ2n) is 8.24. The molecule has 0 aliphatic carbocycles. The quantitative estimate of drug-likeness (QED) is 0.438. The molecule has 0 saturated carbocycles. The number of aromatic nitrogens is 1. The van der Waals surface area contributed by atoms with Gasteiger partial charge in [0.1, 0.15) is 30.4 Å². The minimum Gasteiger partial charge on any atom is -0.487 e. The molecule has 34 heavy (non-hydrogen) atoms. The molecule has 2 aromatic carbocycles. The van der Waals surface area contributed by atoms with Gasteiger partial charge in [0.25, 0.3) is 10.2 Å². The van der Waals surface area contributed by atoms with Crippen LogP contribution in [-0.2, 0) is 28.2 Å². The molecule has 182 valence electrons. The smallest absolute Gasteiger partial charge is 0.318 e. The van der Waals surface area contributed by atoms with Crippen molar-refractivity contribution in [2.75, 3.05) is 20.6 Å². The largest absolute Gasteiger partial charge is 0.487 e. The summed E-state index contributed by atoms with van der Waals surface area (Å²) in [5.74, 6) is 0.772. The van der Waals surface area contributed by atoms with Crippen molar-refractivity contribution >= 4 is 16.2 Å². The summed E-state index contributed by atoms with van der Waals surface area (Å²) < 4.78 is 38.7. The van der Waals surface area contributed by atoms with Gasteiger partial charge >= 0.3 is 5.97 Å². The van der Waals surface area contributed by atoms with E-state index >= 15 is 0 Å². The lowest BCUT2D eigenvalue weighted by Gasteiger charge is -2.24. The average molecular weight is 488 g/mol. The highest BCUT2D eigenvalue weighted by Crippen LogP contribution is 2.28. The Labute approximate surface area is 199 Å². The van der Waals surface area contributed by atoms with Crippen LogP contribution in [0.1, 0.15) is 36.8 Å². The SMILES string of the molecule is CC(C)c1oc(-c2ccccc2)nc1COc1ccc(CN(CC(=O)O)S(=O)(=O)N(C)C)cc1. The van der Waals surface area contributed by atoms with Crippen LogP contribution >= 0.6 is 0 Å². The average Bonchev–Trinajstić information content (AvgIpc) is 3.23. The third-order valence-electron chi connectivity index (χ3n) is 5.03. The fourth-order valence-corrected chi connectivity index (χ4v) is 4.32. The van der Waals surface area contributed by atoms with E-state index in [9.17, 15) is 13.2 Å². The van der Waals surface area contributed by atoms with Gasteiger partial charge in [0, 0.05) is 32.1 Å². The Hall–Kier alpha value is -3.21. The maximum absolute atomic E-state index is 12.4. The number of carboxylic acid groups (broad SMARTS) is 1. The van der Waals surface area contributed by atoms with Crippen LogP contribution in [0.5, 0.6) is 5.75 Å². The zero-order valence-corrected chi connectivity index (χ0v) is 20.4. The van der Waals surface area contributed by atoms with Crippen molar-refractivity contribution in [1.82, 2.24) is 13.6 Å². The van der Waals surface area contributed by atoms with Gasteiger partial charge in [0.15, 0.2) is 0 Å². The third-order valence-corrected chi connectivity index (χ3v) is 6.86. The van der Waals surface area contributed by atoms with Crippen LogP contribution in [0.25, 0.3) is 11.5 Å². The molecule has 1 N–H and O–H groups in total. The van der Waals surface area contributed by atoms with Crippen molar-refractivity contribution in [3.8, 4) is 17.2 Å². The molecule has 3 aromatic rings. The van der Waals surface area contributed by atoms with Crippen LogP contribution in [0.15, 0.2) is 59.0 Å². The van der Waals surface area contributed by atoms with Crippen molar-refractivity contribution in [3.05, 3.63) is 71.6 Å². The number of carbonyl (C=O) groups is 1. The van der Waals surface area contributed by atoms with Crippen molar-refractivity contribution in [2.45, 2.75) is 32.9 Å². The first-order valence-electron chi connectivity index (χ1n) is 10.7. The van der Waals surface area contributed by atoms with E-state index < -0.39 is 22.7 Å². The van der Waals surface area contributed by atoms with Crippen LogP contribution < -0.4 is 4.74 Å². The highest BCUT2D eigenvalue weighted by molar-refractivity contribution is 7.86. The lowest BCUT2D eigenvalue weighted by atomic mass is 10.1. The van der Waals surface area contributed by atoms with Crippen molar-refractivity contribution < 1.29 is 27.5 Å². The summed E-state index contributed by atoms with van der Waals surface area (Å²) in [6, 6.07) is 16.5. The molecule has 3 rings (SSSR count). The Balaban J connectivity index is 1.71. The minimum atomic E-state index is -3.89. The summed E-state index contributed by atoms with van der Waals surface area (Å²) in [5, 5.41) is 9.11. The van der Waals surface area contributed by atoms with E-state index in [0.29, 0.717) is 22.9 Å². The number of nitrogens with zero attached hydrogens (tertiary/aromatic N) is 3. The molecule has 0 aliphatic rings. The van der Waals surface area contributed by atoms with Gasteiger partial charge in [-0.1, -0.05) is 44.2 Å². The fraction of sp³-hybridized carbons (Fsp3) is 0.333. The first kappa shape index (κ1) is 25.4. The Morgan fingerprint density at radius 2 is 1.74 bits per heavy atom. The van der Waals surface area contributed by atoms with E-state index in [0.717, 1.165) is 19.9 Å². The number of oxazole rings is 1. The molecule has 0 unspecified atom stereocenters. The third kappa shape index (κ3) is 6.22. The number of aliphatic carboxylic acids is 1. The minimum absolute atomic E-state index is 0.0751. The molecule has 9 nitrogen and oxygen atoms in total. The Bertz CT molecular complexity index is 1210. The van der Waals surface area contributed by atoms with Crippen LogP contribution in [0, 0.1) is 0 Å².